The molecule has 0 amide bonds. The maximum Gasteiger partial charge on any atom is 0.0344 e. The van der Waals surface area contributed by atoms with Gasteiger partial charge in [-0.1, -0.05) is 160 Å². The smallest absolute Gasteiger partial charge is 0.0344 e. The molecule has 0 saturated heterocycles. The van der Waals surface area contributed by atoms with E-state index in [4.69, 9.17) is 0 Å². The molecule has 11 rings (SSSR count). The average molecular weight is 739 g/mol. The number of rotatable bonds is 2. The van der Waals surface area contributed by atoms with E-state index in [2.05, 4.69) is 161 Å². The Morgan fingerprint density at radius 2 is 0.692 bits per heavy atom. The second kappa shape index (κ2) is 11.2. The molecule has 0 fully saturated rings. The van der Waals surface area contributed by atoms with E-state index in [1.165, 1.54) is 106 Å². The Kier molecular flexibility index (Phi) is 6.79. The molecule has 4 heteroatoms. The molecule has 2 heterocycles. The molecule has 52 heavy (non-hydrogen) atoms. The zero-order valence-electron chi connectivity index (χ0n) is 29.3. The SMILES string of the molecule is CC1(C)c2cc(-c3ccc(-c4ccc5c(c4)C(C)(C)c4ccc6c(c4-5)Sc4ccccc4S6)cc3)ccc2-c2c1ccc1c2Sc2ccccc2S1. The van der Waals surface area contributed by atoms with Crippen molar-refractivity contribution >= 4 is 47.0 Å². The Morgan fingerprint density at radius 3 is 1.10 bits per heavy atom. The molecule has 0 N–H and O–H groups in total. The lowest BCUT2D eigenvalue weighted by atomic mass is 9.81. The van der Waals surface area contributed by atoms with Crippen molar-refractivity contribution in [2.75, 3.05) is 0 Å². The molecule has 0 unspecified atom stereocenters. The molecule has 250 valence electrons. The second-order valence-corrected chi connectivity index (χ2v) is 19.6. The van der Waals surface area contributed by atoms with E-state index in [9.17, 15) is 0 Å². The maximum atomic E-state index is 2.45. The molecular formula is C48H34S4. The van der Waals surface area contributed by atoms with E-state index in [-0.39, 0.29) is 10.8 Å². The van der Waals surface area contributed by atoms with Crippen molar-refractivity contribution in [2.45, 2.75) is 77.7 Å². The number of hydrogen-bond donors (Lipinski definition) is 0. The van der Waals surface area contributed by atoms with Crippen molar-refractivity contribution in [1.82, 2.24) is 0 Å². The quantitative estimate of drug-likeness (QED) is 0.173. The molecule has 7 aromatic rings. The largest absolute Gasteiger partial charge is 0.0877 e. The molecule has 2 aliphatic carbocycles. The summed E-state index contributed by atoms with van der Waals surface area (Å²) < 4.78 is 0. The summed E-state index contributed by atoms with van der Waals surface area (Å²) in [6, 6.07) is 50.6. The Hall–Kier alpha value is -4.06. The van der Waals surface area contributed by atoms with Crippen LogP contribution >= 0.6 is 47.0 Å². The number of benzene rings is 7. The third-order valence-corrected chi connectivity index (χ3v) is 16.8. The fourth-order valence-corrected chi connectivity index (χ4v) is 13.6. The van der Waals surface area contributed by atoms with Crippen molar-refractivity contribution in [1.29, 1.82) is 0 Å². The van der Waals surface area contributed by atoms with Gasteiger partial charge in [-0.3, -0.25) is 0 Å². The van der Waals surface area contributed by atoms with Crippen molar-refractivity contribution in [2.24, 2.45) is 0 Å². The summed E-state index contributed by atoms with van der Waals surface area (Å²) in [7, 11) is 0. The third-order valence-electron chi connectivity index (χ3n) is 11.6. The van der Waals surface area contributed by atoms with Crippen LogP contribution in [0.25, 0.3) is 44.5 Å². The summed E-state index contributed by atoms with van der Waals surface area (Å²) in [5, 5.41) is 0. The van der Waals surface area contributed by atoms with Crippen LogP contribution in [-0.4, -0.2) is 0 Å². The molecule has 7 aromatic carbocycles. The molecular weight excluding hydrogens is 705 g/mol. The van der Waals surface area contributed by atoms with Gasteiger partial charge in [-0.05, 0) is 104 Å². The van der Waals surface area contributed by atoms with Crippen LogP contribution in [0.2, 0.25) is 0 Å². The van der Waals surface area contributed by atoms with Crippen LogP contribution in [0.1, 0.15) is 49.9 Å². The van der Waals surface area contributed by atoms with Gasteiger partial charge < -0.3 is 0 Å². The monoisotopic (exact) mass is 738 g/mol. The summed E-state index contributed by atoms with van der Waals surface area (Å²) in [4.78, 5) is 11.0. The van der Waals surface area contributed by atoms with Gasteiger partial charge in [-0.25, -0.2) is 0 Å². The van der Waals surface area contributed by atoms with Gasteiger partial charge in [0.25, 0.3) is 0 Å². The highest BCUT2D eigenvalue weighted by Crippen LogP contribution is 2.60. The van der Waals surface area contributed by atoms with E-state index in [0.717, 1.165) is 0 Å². The number of hydrogen-bond acceptors (Lipinski definition) is 4. The van der Waals surface area contributed by atoms with Crippen LogP contribution < -0.4 is 0 Å². The van der Waals surface area contributed by atoms with Crippen LogP contribution in [-0.2, 0) is 10.8 Å². The highest BCUT2D eigenvalue weighted by molar-refractivity contribution is 8.05. The predicted octanol–water partition coefficient (Wildman–Crippen LogP) is 14.9. The highest BCUT2D eigenvalue weighted by Gasteiger charge is 2.40. The first-order valence-corrected chi connectivity index (χ1v) is 21.2. The van der Waals surface area contributed by atoms with Gasteiger partial charge in [-0.15, -0.1) is 0 Å². The molecule has 0 saturated carbocycles. The molecule has 4 aliphatic rings. The fraction of sp³-hybridized carbons (Fsp3) is 0.125. The van der Waals surface area contributed by atoms with Crippen LogP contribution in [0, 0.1) is 0 Å². The Balaban J connectivity index is 0.925. The van der Waals surface area contributed by atoms with Gasteiger partial charge in [0.1, 0.15) is 0 Å². The lowest BCUT2D eigenvalue weighted by molar-refractivity contribution is 0.659. The third kappa shape index (κ3) is 4.48. The molecule has 2 aliphatic heterocycles. The Labute approximate surface area is 322 Å². The van der Waals surface area contributed by atoms with Crippen LogP contribution in [0.4, 0.5) is 0 Å². The lowest BCUT2D eigenvalue weighted by Crippen LogP contribution is -2.15. The minimum Gasteiger partial charge on any atom is -0.0877 e. The van der Waals surface area contributed by atoms with Gasteiger partial charge in [0.05, 0.1) is 0 Å². The van der Waals surface area contributed by atoms with Gasteiger partial charge >= 0.3 is 0 Å². The van der Waals surface area contributed by atoms with Gasteiger partial charge in [0.15, 0.2) is 0 Å². The highest BCUT2D eigenvalue weighted by atomic mass is 32.2. The zero-order chi connectivity index (χ0) is 34.9. The van der Waals surface area contributed by atoms with Gasteiger partial charge in [0, 0.05) is 61.1 Å². The molecule has 0 radical (unpaired) electrons. The average Bonchev–Trinajstić information content (AvgIpc) is 3.55. The Morgan fingerprint density at radius 1 is 0.327 bits per heavy atom. The topological polar surface area (TPSA) is 0 Å². The molecule has 0 aromatic heterocycles. The van der Waals surface area contributed by atoms with E-state index >= 15 is 0 Å². The van der Waals surface area contributed by atoms with E-state index in [1.54, 1.807) is 0 Å². The van der Waals surface area contributed by atoms with E-state index < -0.39 is 0 Å². The molecule has 0 bridgehead atoms. The van der Waals surface area contributed by atoms with Crippen molar-refractivity contribution in [3.05, 3.63) is 156 Å². The van der Waals surface area contributed by atoms with Crippen molar-refractivity contribution < 1.29 is 0 Å². The lowest BCUT2D eigenvalue weighted by Gasteiger charge is -2.24. The van der Waals surface area contributed by atoms with Crippen molar-refractivity contribution in [3.63, 3.8) is 0 Å². The first-order valence-electron chi connectivity index (χ1n) is 17.9. The summed E-state index contributed by atoms with van der Waals surface area (Å²) in [6.07, 6.45) is 0. The van der Waals surface area contributed by atoms with E-state index in [0.29, 0.717) is 0 Å². The van der Waals surface area contributed by atoms with Gasteiger partial charge in [0.2, 0.25) is 0 Å². The van der Waals surface area contributed by atoms with Crippen LogP contribution in [0.15, 0.2) is 173 Å². The van der Waals surface area contributed by atoms with Crippen LogP contribution in [0.5, 0.6) is 0 Å². The summed E-state index contributed by atoms with van der Waals surface area (Å²) >= 11 is 7.69. The predicted molar refractivity (Wildman–Crippen MR) is 222 cm³/mol. The van der Waals surface area contributed by atoms with Crippen molar-refractivity contribution in [3.8, 4) is 44.5 Å². The fourth-order valence-electron chi connectivity index (χ4n) is 8.82. The normalized spacial score (nSPS) is 16.1. The van der Waals surface area contributed by atoms with E-state index in [1.807, 2.05) is 47.0 Å². The second-order valence-electron chi connectivity index (χ2n) is 15.3. The minimum absolute atomic E-state index is 0.0630. The zero-order valence-corrected chi connectivity index (χ0v) is 32.6. The minimum atomic E-state index is -0.0630. The molecule has 0 nitrogen and oxygen atoms in total. The molecule has 0 atom stereocenters. The summed E-state index contributed by atoms with van der Waals surface area (Å²) in [5.74, 6) is 0. The Bertz CT molecular complexity index is 2500. The maximum absolute atomic E-state index is 2.45. The first kappa shape index (κ1) is 31.5. The first-order chi connectivity index (χ1) is 25.3. The number of fused-ring (bicyclic) bond motifs is 12. The molecule has 0 spiro atoms. The van der Waals surface area contributed by atoms with Crippen LogP contribution in [0.3, 0.4) is 0 Å². The summed E-state index contributed by atoms with van der Waals surface area (Å²) in [6.45, 7) is 9.58. The summed E-state index contributed by atoms with van der Waals surface area (Å²) in [5.41, 5.74) is 16.3. The standard InChI is InChI=1S/C48H34S4/c1-47(2)33-21-23-41-45(51-39-11-7-5-9-37(39)49-41)43(33)31-19-17-29(25-35(31)47)27-13-15-28(16-14-27)30-18-20-32-36(26-30)48(3,4)34-22-24-42-46(44(32)34)52-40-12-8-6-10-38(40)50-42/h5-26H,1-4H3. The van der Waals surface area contributed by atoms with Gasteiger partial charge in [-0.2, -0.15) is 0 Å².